The predicted molar refractivity (Wildman–Crippen MR) is 135 cm³/mol. The summed E-state index contributed by atoms with van der Waals surface area (Å²) < 4.78 is 6.74. The Morgan fingerprint density at radius 2 is 1.97 bits per heavy atom. The SMILES string of the molecule is CCCCn1c(N)c(N(Cc2ccco2)C(=O)CC2c3ccccc3CCN2C(C)=O)c(=O)[nH]c1=O. The van der Waals surface area contributed by atoms with Gasteiger partial charge in [0, 0.05) is 20.0 Å². The summed E-state index contributed by atoms with van der Waals surface area (Å²) >= 11 is 0. The van der Waals surface area contributed by atoms with Gasteiger partial charge in [-0.1, -0.05) is 37.6 Å². The van der Waals surface area contributed by atoms with Gasteiger partial charge in [-0.15, -0.1) is 0 Å². The van der Waals surface area contributed by atoms with Crippen molar-refractivity contribution in [1.82, 2.24) is 14.5 Å². The zero-order chi connectivity index (χ0) is 25.8. The minimum absolute atomic E-state index is 0.0560. The van der Waals surface area contributed by atoms with Crippen LogP contribution in [0.5, 0.6) is 0 Å². The van der Waals surface area contributed by atoms with Crippen molar-refractivity contribution in [3.8, 4) is 0 Å². The molecule has 4 rings (SSSR count). The van der Waals surface area contributed by atoms with Crippen LogP contribution in [0.3, 0.4) is 0 Å². The molecule has 1 aliphatic heterocycles. The Balaban J connectivity index is 1.77. The Hall–Kier alpha value is -4.08. The fourth-order valence-electron chi connectivity index (χ4n) is 4.75. The number of aromatic amines is 1. The first-order chi connectivity index (χ1) is 17.3. The van der Waals surface area contributed by atoms with Gasteiger partial charge in [0.2, 0.25) is 11.8 Å². The number of benzene rings is 1. The number of furan rings is 1. The molecule has 190 valence electrons. The van der Waals surface area contributed by atoms with Crippen LogP contribution in [0, 0.1) is 0 Å². The van der Waals surface area contributed by atoms with Crippen LogP contribution in [-0.2, 0) is 29.1 Å². The van der Waals surface area contributed by atoms with Gasteiger partial charge in [0.05, 0.1) is 25.3 Å². The second kappa shape index (κ2) is 10.7. The summed E-state index contributed by atoms with van der Waals surface area (Å²) in [6.07, 6.45) is 3.60. The smallest absolute Gasteiger partial charge is 0.330 e. The lowest BCUT2D eigenvalue weighted by molar-refractivity contribution is -0.133. The van der Waals surface area contributed by atoms with Crippen LogP contribution in [0.25, 0.3) is 0 Å². The van der Waals surface area contributed by atoms with Gasteiger partial charge in [-0.2, -0.15) is 0 Å². The zero-order valence-corrected chi connectivity index (χ0v) is 20.5. The Labute approximate surface area is 208 Å². The van der Waals surface area contributed by atoms with Crippen molar-refractivity contribution in [2.24, 2.45) is 0 Å². The molecule has 0 saturated heterocycles. The molecule has 0 saturated carbocycles. The normalized spacial score (nSPS) is 14.9. The van der Waals surface area contributed by atoms with E-state index in [4.69, 9.17) is 10.2 Å². The fourth-order valence-corrected chi connectivity index (χ4v) is 4.75. The number of carbonyl (C=O) groups is 2. The average molecular weight is 494 g/mol. The van der Waals surface area contributed by atoms with E-state index in [1.165, 1.54) is 22.7 Å². The Morgan fingerprint density at radius 3 is 2.67 bits per heavy atom. The molecule has 1 unspecified atom stereocenters. The Bertz CT molecular complexity index is 1360. The lowest BCUT2D eigenvalue weighted by Gasteiger charge is -2.37. The van der Waals surface area contributed by atoms with Crippen molar-refractivity contribution in [2.75, 3.05) is 17.2 Å². The monoisotopic (exact) mass is 493 g/mol. The molecule has 3 heterocycles. The van der Waals surface area contributed by atoms with E-state index in [0.29, 0.717) is 31.7 Å². The molecule has 3 N–H and O–H groups in total. The number of anilines is 2. The second-order valence-corrected chi connectivity index (χ2v) is 8.94. The Morgan fingerprint density at radius 1 is 1.19 bits per heavy atom. The van der Waals surface area contributed by atoms with Gasteiger partial charge in [0.15, 0.2) is 5.69 Å². The number of aromatic nitrogens is 2. The largest absolute Gasteiger partial charge is 0.467 e. The molecule has 2 aromatic heterocycles. The molecule has 0 bridgehead atoms. The van der Waals surface area contributed by atoms with Crippen molar-refractivity contribution in [1.29, 1.82) is 0 Å². The quantitative estimate of drug-likeness (QED) is 0.495. The number of carbonyl (C=O) groups excluding carboxylic acids is 2. The van der Waals surface area contributed by atoms with Crippen molar-refractivity contribution in [3.05, 3.63) is 80.4 Å². The van der Waals surface area contributed by atoms with E-state index in [1.807, 2.05) is 31.2 Å². The number of hydrogen-bond donors (Lipinski definition) is 2. The van der Waals surface area contributed by atoms with Crippen LogP contribution in [0.2, 0.25) is 0 Å². The van der Waals surface area contributed by atoms with Gasteiger partial charge in [0.25, 0.3) is 5.56 Å². The van der Waals surface area contributed by atoms with Crippen molar-refractivity contribution in [2.45, 2.75) is 58.7 Å². The van der Waals surface area contributed by atoms with Crippen molar-refractivity contribution >= 4 is 23.3 Å². The van der Waals surface area contributed by atoms with Gasteiger partial charge in [0.1, 0.15) is 11.6 Å². The summed E-state index contributed by atoms with van der Waals surface area (Å²) in [6.45, 7) is 4.20. The van der Waals surface area contributed by atoms with Gasteiger partial charge >= 0.3 is 5.69 Å². The minimum Gasteiger partial charge on any atom is -0.467 e. The molecule has 0 fully saturated rings. The minimum atomic E-state index is -0.752. The number of rotatable bonds is 8. The lowest BCUT2D eigenvalue weighted by atomic mass is 9.90. The highest BCUT2D eigenvalue weighted by atomic mass is 16.3. The summed E-state index contributed by atoms with van der Waals surface area (Å²) in [5.74, 6) is -0.187. The van der Waals surface area contributed by atoms with Crippen LogP contribution < -0.4 is 21.9 Å². The maximum Gasteiger partial charge on any atom is 0.330 e. The number of fused-ring (bicyclic) bond motifs is 1. The van der Waals surface area contributed by atoms with Gasteiger partial charge in [-0.05, 0) is 36.1 Å². The van der Waals surface area contributed by atoms with Gasteiger partial charge < -0.3 is 15.1 Å². The highest BCUT2D eigenvalue weighted by molar-refractivity contribution is 5.96. The zero-order valence-electron chi connectivity index (χ0n) is 20.5. The summed E-state index contributed by atoms with van der Waals surface area (Å²) in [5, 5.41) is 0. The van der Waals surface area contributed by atoms with E-state index >= 15 is 0 Å². The molecule has 1 aliphatic rings. The summed E-state index contributed by atoms with van der Waals surface area (Å²) in [4.78, 5) is 57.0. The van der Waals surface area contributed by atoms with E-state index in [0.717, 1.165) is 17.5 Å². The van der Waals surface area contributed by atoms with Crippen LogP contribution in [0.4, 0.5) is 11.5 Å². The first kappa shape index (κ1) is 25.0. The molecule has 0 spiro atoms. The molecule has 10 nitrogen and oxygen atoms in total. The van der Waals surface area contributed by atoms with Gasteiger partial charge in [-0.25, -0.2) is 4.79 Å². The molecule has 2 amide bonds. The summed E-state index contributed by atoms with van der Waals surface area (Å²) in [6, 6.07) is 10.6. The number of nitrogens with two attached hydrogens (primary N) is 1. The number of nitrogens with one attached hydrogen (secondary N) is 1. The van der Waals surface area contributed by atoms with E-state index in [1.54, 1.807) is 17.0 Å². The molecule has 10 heteroatoms. The predicted octanol–water partition coefficient (Wildman–Crippen LogP) is 2.58. The third-order valence-corrected chi connectivity index (χ3v) is 6.60. The maximum absolute atomic E-state index is 13.9. The fraction of sp³-hybridized carbons (Fsp3) is 0.385. The number of hydrogen-bond acceptors (Lipinski definition) is 6. The standard InChI is InChI=1S/C26H31N5O5/c1-3-4-12-30-24(27)23(25(34)28-26(30)35)31(16-19-9-7-14-36-19)22(33)15-21-20-10-6-5-8-18(20)11-13-29(21)17(2)32/h5-10,14,21H,3-4,11-13,15-16,27H2,1-2H3,(H,28,34,35). The summed E-state index contributed by atoms with van der Waals surface area (Å²) in [5.41, 5.74) is 6.84. The number of unbranched alkanes of at least 4 members (excludes halogenated alkanes) is 1. The maximum atomic E-state index is 13.9. The number of H-pyrrole nitrogens is 1. The molecule has 36 heavy (non-hydrogen) atoms. The van der Waals surface area contributed by atoms with E-state index in [-0.39, 0.29) is 30.4 Å². The van der Waals surface area contributed by atoms with Crippen molar-refractivity contribution in [3.63, 3.8) is 0 Å². The second-order valence-electron chi connectivity index (χ2n) is 8.94. The molecule has 1 aromatic carbocycles. The molecular formula is C26H31N5O5. The van der Waals surface area contributed by atoms with Crippen molar-refractivity contribution < 1.29 is 14.0 Å². The first-order valence-corrected chi connectivity index (χ1v) is 12.1. The molecular weight excluding hydrogens is 462 g/mol. The van der Waals surface area contributed by atoms with Gasteiger partial charge in [-0.3, -0.25) is 28.8 Å². The molecule has 3 aromatic rings. The van der Waals surface area contributed by atoms with Crippen LogP contribution >= 0.6 is 0 Å². The highest BCUT2D eigenvalue weighted by Gasteiger charge is 2.34. The van der Waals surface area contributed by atoms with E-state index < -0.39 is 23.2 Å². The van der Waals surface area contributed by atoms with E-state index in [2.05, 4.69) is 4.98 Å². The molecule has 0 radical (unpaired) electrons. The average Bonchev–Trinajstić information content (AvgIpc) is 3.36. The van der Waals surface area contributed by atoms with E-state index in [9.17, 15) is 19.2 Å². The summed E-state index contributed by atoms with van der Waals surface area (Å²) in [7, 11) is 0. The highest BCUT2D eigenvalue weighted by Crippen LogP contribution is 2.34. The number of nitrogen functional groups attached to an aromatic ring is 1. The Kier molecular flexibility index (Phi) is 7.42. The first-order valence-electron chi connectivity index (χ1n) is 12.1. The lowest BCUT2D eigenvalue weighted by Crippen LogP contribution is -2.44. The topological polar surface area (TPSA) is 135 Å². The number of nitrogens with zero attached hydrogens (tertiary/aromatic N) is 3. The van der Waals surface area contributed by atoms with Crippen LogP contribution in [0.1, 0.15) is 56.0 Å². The third-order valence-electron chi connectivity index (χ3n) is 6.60. The molecule has 0 aliphatic carbocycles. The molecule has 1 atom stereocenters. The number of amides is 2. The van der Waals surface area contributed by atoms with Crippen LogP contribution in [0.15, 0.2) is 56.7 Å². The van der Waals surface area contributed by atoms with Crippen LogP contribution in [-0.4, -0.2) is 32.8 Å². The third kappa shape index (κ3) is 4.98.